The summed E-state index contributed by atoms with van der Waals surface area (Å²) in [4.78, 5) is 31.7. The van der Waals surface area contributed by atoms with Crippen molar-refractivity contribution < 1.29 is 45.8 Å². The Hall–Kier alpha value is -3.73. The molecule has 0 aliphatic carbocycles. The molecular formula is C25H24F3N3O7S3. The Morgan fingerprint density at radius 3 is 2.37 bits per heavy atom. The van der Waals surface area contributed by atoms with Crippen LogP contribution in [0.3, 0.4) is 0 Å². The number of rotatable bonds is 10. The topological polar surface area (TPSA) is 177 Å². The van der Waals surface area contributed by atoms with Crippen LogP contribution >= 0.6 is 23.1 Å². The summed E-state index contributed by atoms with van der Waals surface area (Å²) in [5.74, 6) is -1.83. The average molecular weight is 632 g/mol. The number of amidine groups is 1. The van der Waals surface area contributed by atoms with Crippen LogP contribution in [0.25, 0.3) is 11.1 Å². The quantitative estimate of drug-likeness (QED) is 0.110. The number of nitrogens with two attached hydrogens (primary N) is 1. The van der Waals surface area contributed by atoms with E-state index in [0.717, 1.165) is 11.1 Å². The summed E-state index contributed by atoms with van der Waals surface area (Å²) in [6, 6.07) is 13.2. The summed E-state index contributed by atoms with van der Waals surface area (Å²) < 4.78 is 63.4. The second-order valence-corrected chi connectivity index (χ2v) is 12.1. The maximum absolute atomic E-state index is 13.4. The second kappa shape index (κ2) is 14.2. The molecule has 3 rings (SSSR count). The number of amides is 1. The fourth-order valence-electron chi connectivity index (χ4n) is 3.27. The van der Waals surface area contributed by atoms with Gasteiger partial charge in [-0.1, -0.05) is 18.2 Å². The van der Waals surface area contributed by atoms with Gasteiger partial charge in [0.05, 0.1) is 18.9 Å². The molecule has 0 aliphatic heterocycles. The number of thiophene rings is 1. The van der Waals surface area contributed by atoms with Crippen LogP contribution in [-0.2, 0) is 29.0 Å². The number of sulfone groups is 1. The number of hydrogen-bond acceptors (Lipinski definition) is 9. The third-order valence-corrected chi connectivity index (χ3v) is 9.30. The highest BCUT2D eigenvalue weighted by molar-refractivity contribution is 8.01. The van der Waals surface area contributed by atoms with Crippen LogP contribution in [-0.4, -0.2) is 63.2 Å². The molecule has 0 unspecified atom stereocenters. The molecule has 0 aliphatic rings. The van der Waals surface area contributed by atoms with Crippen LogP contribution in [0.4, 0.5) is 18.9 Å². The van der Waals surface area contributed by atoms with E-state index in [-0.39, 0.29) is 22.2 Å². The Morgan fingerprint density at radius 2 is 1.83 bits per heavy atom. The molecule has 1 aromatic heterocycles. The van der Waals surface area contributed by atoms with Crippen LogP contribution in [0.5, 0.6) is 0 Å². The molecule has 1 amide bonds. The number of aldehydes is 1. The van der Waals surface area contributed by atoms with E-state index in [9.17, 15) is 31.2 Å². The lowest BCUT2D eigenvalue weighted by Crippen LogP contribution is -2.20. The molecule has 2 aromatic carbocycles. The second-order valence-electron chi connectivity index (χ2n) is 8.04. The third-order valence-electron chi connectivity index (χ3n) is 4.96. The number of thioether (sulfide) groups is 1. The van der Waals surface area contributed by atoms with Gasteiger partial charge in [0.1, 0.15) is 19.0 Å². The van der Waals surface area contributed by atoms with Gasteiger partial charge in [-0.25, -0.2) is 13.2 Å². The number of nitrogens with one attached hydrogen (secondary N) is 2. The summed E-state index contributed by atoms with van der Waals surface area (Å²) in [6.45, 7) is 0.875. The van der Waals surface area contributed by atoms with Crippen molar-refractivity contribution in [1.82, 2.24) is 0 Å². The van der Waals surface area contributed by atoms with Gasteiger partial charge in [-0.05, 0) is 60.2 Å². The normalized spacial score (nSPS) is 11.2. The van der Waals surface area contributed by atoms with E-state index in [1.165, 1.54) is 35.2 Å². The molecule has 0 radical (unpaired) electrons. The number of aryl methyl sites for hydroxylation is 1. The lowest BCUT2D eigenvalue weighted by Gasteiger charge is -2.12. The molecule has 0 fully saturated rings. The predicted octanol–water partition coefficient (Wildman–Crippen LogP) is 4.35. The van der Waals surface area contributed by atoms with Crippen molar-refractivity contribution in [2.24, 2.45) is 5.73 Å². The maximum Gasteiger partial charge on any atom is 0.446 e. The minimum atomic E-state index is -4.64. The van der Waals surface area contributed by atoms with Crippen molar-refractivity contribution in [3.63, 3.8) is 0 Å². The number of benzene rings is 2. The van der Waals surface area contributed by atoms with Crippen molar-refractivity contribution in [2.75, 3.05) is 24.8 Å². The summed E-state index contributed by atoms with van der Waals surface area (Å²) in [5, 5.41) is 18.8. The first kappa shape index (κ1) is 33.5. The molecule has 16 heteroatoms. The number of aliphatic carboxylic acids is 1. The largest absolute Gasteiger partial charge is 0.480 e. The molecule has 1 heterocycles. The fraction of sp³-hybridized carbons (Fsp3) is 0.200. The van der Waals surface area contributed by atoms with Gasteiger partial charge in [-0.15, -0.1) is 23.1 Å². The number of carbonyl (C=O) groups is 3. The monoisotopic (exact) mass is 631 g/mol. The van der Waals surface area contributed by atoms with E-state index in [2.05, 4.69) is 5.32 Å². The first-order valence-corrected chi connectivity index (χ1v) is 14.7. The van der Waals surface area contributed by atoms with E-state index in [1.54, 1.807) is 42.7 Å². The Bertz CT molecular complexity index is 1560. The summed E-state index contributed by atoms with van der Waals surface area (Å²) in [6.07, 6.45) is -3.93. The van der Waals surface area contributed by atoms with Crippen LogP contribution in [0.15, 0.2) is 62.5 Å². The molecule has 220 valence electrons. The van der Waals surface area contributed by atoms with Crippen LogP contribution in [0.1, 0.15) is 10.4 Å². The van der Waals surface area contributed by atoms with E-state index in [0.29, 0.717) is 20.3 Å². The summed E-state index contributed by atoms with van der Waals surface area (Å²) in [7, 11) is -3.85. The van der Waals surface area contributed by atoms with E-state index < -0.39 is 40.8 Å². The number of alkyl halides is 3. The molecule has 41 heavy (non-hydrogen) atoms. The molecule has 0 spiro atoms. The van der Waals surface area contributed by atoms with Crippen LogP contribution < -0.4 is 11.1 Å². The summed E-state index contributed by atoms with van der Waals surface area (Å²) >= 11 is 2.45. The minimum Gasteiger partial charge on any atom is -0.480 e. The predicted molar refractivity (Wildman–Crippen MR) is 148 cm³/mol. The van der Waals surface area contributed by atoms with Gasteiger partial charge in [-0.2, -0.15) is 13.2 Å². The van der Waals surface area contributed by atoms with Gasteiger partial charge in [0, 0.05) is 5.69 Å². The Labute approximate surface area is 241 Å². The van der Waals surface area contributed by atoms with Crippen molar-refractivity contribution in [3.8, 4) is 11.1 Å². The van der Waals surface area contributed by atoms with Gasteiger partial charge in [0.2, 0.25) is 22.0 Å². The van der Waals surface area contributed by atoms with E-state index in [4.69, 9.17) is 25.8 Å². The van der Waals surface area contributed by atoms with Gasteiger partial charge < -0.3 is 20.9 Å². The summed E-state index contributed by atoms with van der Waals surface area (Å²) in [5.41, 5.74) is 8.31. The van der Waals surface area contributed by atoms with E-state index >= 15 is 0 Å². The van der Waals surface area contributed by atoms with Gasteiger partial charge in [0.15, 0.2) is 0 Å². The number of anilines is 1. The smallest absolute Gasteiger partial charge is 0.446 e. The molecule has 5 N–H and O–H groups in total. The fourth-order valence-corrected chi connectivity index (χ4v) is 7.17. The lowest BCUT2D eigenvalue weighted by molar-refractivity contribution is -0.156. The average Bonchev–Trinajstić information content (AvgIpc) is 3.35. The molecule has 0 atom stereocenters. The molecule has 10 nitrogen and oxygen atoms in total. The number of carboxylic acids is 1. The Kier molecular flexibility index (Phi) is 11.6. The van der Waals surface area contributed by atoms with E-state index in [1.807, 2.05) is 6.92 Å². The molecule has 0 saturated carbocycles. The number of carboxylic acid groups (broad SMARTS) is 1. The van der Waals surface area contributed by atoms with Gasteiger partial charge >= 0.3 is 12.1 Å². The Balaban J connectivity index is 0.000000883. The zero-order valence-electron chi connectivity index (χ0n) is 21.4. The van der Waals surface area contributed by atoms with Crippen molar-refractivity contribution >= 4 is 62.6 Å². The van der Waals surface area contributed by atoms with Crippen molar-refractivity contribution in [2.45, 2.75) is 27.1 Å². The SMILES string of the molecule is CSc1sc(C(=N)N)cc1S(=O)(=O)c1cccc(-c2ccc(NC(=O)COCC(=O)O)cc2C)c1.O=CC(F)(F)F. The highest BCUT2D eigenvalue weighted by atomic mass is 32.2. The lowest BCUT2D eigenvalue weighted by atomic mass is 10.00. The molecule has 0 saturated heterocycles. The van der Waals surface area contributed by atoms with Gasteiger partial charge in [-0.3, -0.25) is 15.0 Å². The third kappa shape index (κ3) is 9.70. The van der Waals surface area contributed by atoms with Crippen LogP contribution in [0.2, 0.25) is 0 Å². The zero-order chi connectivity index (χ0) is 31.0. The Morgan fingerprint density at radius 1 is 1.17 bits per heavy atom. The number of nitrogen functional groups attached to an aromatic ring is 1. The number of carbonyl (C=O) groups excluding carboxylic acids is 2. The van der Waals surface area contributed by atoms with Crippen LogP contribution in [0, 0.1) is 12.3 Å². The first-order chi connectivity index (χ1) is 19.1. The first-order valence-electron chi connectivity index (χ1n) is 11.2. The standard InChI is InChI=1S/C23H23N3O6S3.C2HF3O/c1-13-8-15(26-20(27)11-32-12-21(28)29)6-7-17(13)14-4-3-5-16(9-14)35(30,31)19-10-18(22(24)25)34-23(19)33-2;3-2(4,5)1-6/h3-10H,11-12H2,1-2H3,(H3,24,25)(H,26,27)(H,28,29);1H. The molecule has 0 bridgehead atoms. The number of ether oxygens (including phenoxy) is 1. The van der Waals surface area contributed by atoms with Crippen molar-refractivity contribution in [1.29, 1.82) is 5.41 Å². The zero-order valence-corrected chi connectivity index (χ0v) is 23.9. The molecule has 3 aromatic rings. The van der Waals surface area contributed by atoms with Crippen molar-refractivity contribution in [3.05, 3.63) is 59.0 Å². The number of hydrogen-bond donors (Lipinski definition) is 4. The molecular weight excluding hydrogens is 607 g/mol. The highest BCUT2D eigenvalue weighted by Crippen LogP contribution is 2.38. The number of halogens is 3. The highest BCUT2D eigenvalue weighted by Gasteiger charge is 2.26. The maximum atomic E-state index is 13.4. The minimum absolute atomic E-state index is 0.116. The van der Waals surface area contributed by atoms with Gasteiger partial charge in [0.25, 0.3) is 0 Å².